The summed E-state index contributed by atoms with van der Waals surface area (Å²) in [6, 6.07) is 4.74. The first-order chi connectivity index (χ1) is 8.92. The molecule has 0 amide bonds. The van der Waals surface area contributed by atoms with Crippen molar-refractivity contribution in [1.29, 1.82) is 0 Å². The third-order valence-electron chi connectivity index (χ3n) is 3.26. The van der Waals surface area contributed by atoms with Gasteiger partial charge >= 0.3 is 0 Å². The van der Waals surface area contributed by atoms with Gasteiger partial charge in [0.05, 0.1) is 16.5 Å². The maximum Gasteiger partial charge on any atom is 0.240 e. The van der Waals surface area contributed by atoms with E-state index < -0.39 is 10.0 Å². The van der Waals surface area contributed by atoms with Gasteiger partial charge in [-0.3, -0.25) is 0 Å². The van der Waals surface area contributed by atoms with Crippen LogP contribution in [0.25, 0.3) is 0 Å². The molecule has 4 nitrogen and oxygen atoms in total. The molecule has 7 heteroatoms. The molecule has 0 aliphatic heterocycles. The molecule has 106 valence electrons. The van der Waals surface area contributed by atoms with E-state index in [1.54, 1.807) is 37.1 Å². The van der Waals surface area contributed by atoms with Gasteiger partial charge in [0.1, 0.15) is 5.75 Å². The second kappa shape index (κ2) is 5.63. The molecule has 0 radical (unpaired) electrons. The van der Waals surface area contributed by atoms with Crippen molar-refractivity contribution in [3.8, 4) is 5.75 Å². The lowest BCUT2D eigenvalue weighted by Crippen LogP contribution is -2.31. The average Bonchev–Trinajstić information content (AvgIpc) is 3.17. The molecule has 1 saturated carbocycles. The third-order valence-corrected chi connectivity index (χ3v) is 6.70. The van der Waals surface area contributed by atoms with Gasteiger partial charge in [0.15, 0.2) is 0 Å². The molecule has 1 aliphatic carbocycles. The maximum absolute atomic E-state index is 12.2. The molecule has 0 heterocycles. The Hall–Kier alpha value is -0.240. The van der Waals surface area contributed by atoms with E-state index in [-0.39, 0.29) is 9.64 Å². The van der Waals surface area contributed by atoms with Crippen molar-refractivity contribution in [2.45, 2.75) is 22.5 Å². The van der Waals surface area contributed by atoms with Crippen molar-refractivity contribution < 1.29 is 13.2 Å². The van der Waals surface area contributed by atoms with Crippen molar-refractivity contribution >= 4 is 37.7 Å². The number of hydrogen-bond acceptors (Lipinski definition) is 4. The molecule has 1 aromatic carbocycles. The second-order valence-electron chi connectivity index (χ2n) is 4.51. The van der Waals surface area contributed by atoms with Crippen LogP contribution in [0, 0.1) is 0 Å². The zero-order valence-corrected chi connectivity index (χ0v) is 14.0. The highest BCUT2D eigenvalue weighted by molar-refractivity contribution is 9.10. The predicted molar refractivity (Wildman–Crippen MR) is 81.4 cm³/mol. The summed E-state index contributed by atoms with van der Waals surface area (Å²) in [4.78, 5) is 0.247. The number of ether oxygens (including phenoxy) is 1. The number of benzene rings is 1. The molecule has 1 fully saturated rings. The van der Waals surface area contributed by atoms with E-state index in [9.17, 15) is 8.42 Å². The van der Waals surface area contributed by atoms with Crippen molar-refractivity contribution in [3.05, 3.63) is 22.7 Å². The average molecular weight is 366 g/mol. The summed E-state index contributed by atoms with van der Waals surface area (Å²) in [7, 11) is -1.92. The van der Waals surface area contributed by atoms with Gasteiger partial charge in [0, 0.05) is 11.3 Å². The topological polar surface area (TPSA) is 55.4 Å². The summed E-state index contributed by atoms with van der Waals surface area (Å²) in [6.45, 7) is 0.486. The lowest BCUT2D eigenvalue weighted by atomic mass is 10.3. The van der Waals surface area contributed by atoms with E-state index in [0.29, 0.717) is 16.8 Å². The first kappa shape index (κ1) is 15.2. The third kappa shape index (κ3) is 3.45. The fourth-order valence-corrected chi connectivity index (χ4v) is 4.38. The number of rotatable bonds is 6. The Morgan fingerprint density at radius 2 is 2.16 bits per heavy atom. The van der Waals surface area contributed by atoms with Crippen LogP contribution in [0.4, 0.5) is 0 Å². The van der Waals surface area contributed by atoms with Crippen LogP contribution in [0.3, 0.4) is 0 Å². The number of halogens is 1. The van der Waals surface area contributed by atoms with Gasteiger partial charge in [-0.1, -0.05) is 0 Å². The van der Waals surface area contributed by atoms with Crippen LogP contribution in [0.1, 0.15) is 12.8 Å². The van der Waals surface area contributed by atoms with E-state index in [1.807, 2.05) is 6.26 Å². The molecule has 1 aliphatic rings. The highest BCUT2D eigenvalue weighted by Crippen LogP contribution is 2.46. The van der Waals surface area contributed by atoms with E-state index in [0.717, 1.165) is 12.8 Å². The number of thioether (sulfide) groups is 1. The lowest BCUT2D eigenvalue weighted by Gasteiger charge is -2.14. The van der Waals surface area contributed by atoms with Crippen LogP contribution < -0.4 is 9.46 Å². The normalized spacial score (nSPS) is 17.2. The van der Waals surface area contributed by atoms with E-state index in [4.69, 9.17) is 4.74 Å². The molecular weight excluding hydrogens is 350 g/mol. The summed E-state index contributed by atoms with van der Waals surface area (Å²) in [5.41, 5.74) is 0. The van der Waals surface area contributed by atoms with Crippen LogP contribution in [0.2, 0.25) is 0 Å². The largest absolute Gasteiger partial charge is 0.496 e. The Morgan fingerprint density at radius 3 is 2.63 bits per heavy atom. The molecular formula is C12H16BrNO3S2. The van der Waals surface area contributed by atoms with Crippen LogP contribution in [-0.4, -0.2) is 33.1 Å². The maximum atomic E-state index is 12.2. The monoisotopic (exact) mass is 365 g/mol. The Morgan fingerprint density at radius 1 is 1.47 bits per heavy atom. The Bertz CT molecular complexity index is 570. The molecule has 1 N–H and O–H groups in total. The Labute approximate surface area is 126 Å². The van der Waals surface area contributed by atoms with E-state index in [2.05, 4.69) is 20.7 Å². The van der Waals surface area contributed by atoms with Crippen molar-refractivity contribution in [1.82, 2.24) is 4.72 Å². The first-order valence-electron chi connectivity index (χ1n) is 5.81. The smallest absolute Gasteiger partial charge is 0.240 e. The quantitative estimate of drug-likeness (QED) is 0.841. The molecule has 0 unspecified atom stereocenters. The standard InChI is InChI=1S/C12H16BrNO3S2/c1-17-11-4-3-9(7-10(11)13)19(15,16)14-8-12(18-2)5-6-12/h3-4,7,14H,5-6,8H2,1-2H3. The zero-order chi connectivity index (χ0) is 14.1. The zero-order valence-electron chi connectivity index (χ0n) is 10.8. The van der Waals surface area contributed by atoms with Gasteiger partial charge in [-0.25, -0.2) is 13.1 Å². The van der Waals surface area contributed by atoms with Crippen molar-refractivity contribution in [3.63, 3.8) is 0 Å². The van der Waals surface area contributed by atoms with E-state index in [1.165, 1.54) is 0 Å². The highest BCUT2D eigenvalue weighted by Gasteiger charge is 2.42. The summed E-state index contributed by atoms with van der Waals surface area (Å²) >= 11 is 5.02. The van der Waals surface area contributed by atoms with Gasteiger partial charge in [-0.2, -0.15) is 11.8 Å². The fraction of sp³-hybridized carbons (Fsp3) is 0.500. The first-order valence-corrected chi connectivity index (χ1v) is 9.31. The Kier molecular flexibility index (Phi) is 4.49. The molecule has 19 heavy (non-hydrogen) atoms. The number of sulfonamides is 1. The van der Waals surface area contributed by atoms with Gasteiger partial charge in [0.2, 0.25) is 10.0 Å². The van der Waals surface area contributed by atoms with Gasteiger partial charge in [-0.15, -0.1) is 0 Å². The minimum atomic E-state index is -3.46. The van der Waals surface area contributed by atoms with E-state index >= 15 is 0 Å². The molecule has 0 atom stereocenters. The van der Waals surface area contributed by atoms with Gasteiger partial charge < -0.3 is 4.74 Å². The minimum absolute atomic E-state index is 0.108. The summed E-state index contributed by atoms with van der Waals surface area (Å²) in [6.07, 6.45) is 4.16. The van der Waals surface area contributed by atoms with Crippen LogP contribution >= 0.6 is 27.7 Å². The second-order valence-corrected chi connectivity index (χ2v) is 8.40. The summed E-state index contributed by atoms with van der Waals surface area (Å²) < 4.78 is 32.9. The van der Waals surface area contributed by atoms with Crippen molar-refractivity contribution in [2.75, 3.05) is 19.9 Å². The molecule has 0 spiro atoms. The predicted octanol–water partition coefficient (Wildman–Crippen LogP) is 2.63. The molecule has 0 saturated heterocycles. The Balaban J connectivity index is 2.13. The fourth-order valence-electron chi connectivity index (χ4n) is 1.72. The van der Waals surface area contributed by atoms with Crippen LogP contribution in [0.15, 0.2) is 27.6 Å². The van der Waals surface area contributed by atoms with Crippen LogP contribution in [0.5, 0.6) is 5.75 Å². The number of nitrogens with one attached hydrogen (secondary N) is 1. The number of hydrogen-bond donors (Lipinski definition) is 1. The SMILES string of the molecule is COc1ccc(S(=O)(=O)NCC2(SC)CC2)cc1Br. The van der Waals surface area contributed by atoms with Gasteiger partial charge in [-0.05, 0) is 53.2 Å². The molecule has 2 rings (SSSR count). The van der Waals surface area contributed by atoms with Crippen molar-refractivity contribution in [2.24, 2.45) is 0 Å². The molecule has 1 aromatic rings. The number of methoxy groups -OCH3 is 1. The molecule has 0 aromatic heterocycles. The summed E-state index contributed by atoms with van der Waals surface area (Å²) in [5.74, 6) is 0.613. The highest BCUT2D eigenvalue weighted by atomic mass is 79.9. The summed E-state index contributed by atoms with van der Waals surface area (Å²) in [5, 5.41) is 0. The minimum Gasteiger partial charge on any atom is -0.496 e. The van der Waals surface area contributed by atoms with Crippen LogP contribution in [-0.2, 0) is 10.0 Å². The molecule has 0 bridgehead atoms. The van der Waals surface area contributed by atoms with Gasteiger partial charge in [0.25, 0.3) is 0 Å². The lowest BCUT2D eigenvalue weighted by molar-refractivity contribution is 0.411.